The Morgan fingerprint density at radius 3 is 1.19 bits per heavy atom. The molecule has 37 heavy (non-hydrogen) atoms. The number of aliphatic hydroxyl groups is 4. The zero-order valence-corrected chi connectivity index (χ0v) is 24.2. The Hall–Kier alpha value is -0.240. The molecular weight excluding hydrogens is 468 g/mol. The quantitative estimate of drug-likeness (QED) is 0.0919. The van der Waals surface area contributed by atoms with Crippen molar-refractivity contribution in [3.8, 4) is 0 Å². The third-order valence-corrected chi connectivity index (χ3v) is 7.88. The molecule has 4 N–H and O–H groups in total. The summed E-state index contributed by atoms with van der Waals surface area (Å²) in [6, 6.07) is 0. The van der Waals surface area contributed by atoms with Gasteiger partial charge in [-0.25, -0.2) is 0 Å². The Bertz CT molecular complexity index is 475. The molecule has 0 aromatic heterocycles. The minimum absolute atomic E-state index is 0.426. The van der Waals surface area contributed by atoms with Crippen LogP contribution in [0.2, 0.25) is 0 Å². The van der Waals surface area contributed by atoms with Crippen molar-refractivity contribution in [2.45, 2.75) is 185 Å². The van der Waals surface area contributed by atoms with Gasteiger partial charge in [-0.3, -0.25) is 0 Å². The van der Waals surface area contributed by atoms with Crippen LogP contribution in [0.3, 0.4) is 0 Å². The van der Waals surface area contributed by atoms with Gasteiger partial charge in [0.1, 0.15) is 24.4 Å². The summed E-state index contributed by atoms with van der Waals surface area (Å²) in [7, 11) is 0. The predicted molar refractivity (Wildman–Crippen MR) is 152 cm³/mol. The highest BCUT2D eigenvalue weighted by Crippen LogP contribution is 2.22. The van der Waals surface area contributed by atoms with E-state index in [1.807, 2.05) is 0 Å². The summed E-state index contributed by atoms with van der Waals surface area (Å²) in [6.07, 6.45) is 25.2. The normalized spacial score (nSPS) is 24.1. The van der Waals surface area contributed by atoms with Gasteiger partial charge in [-0.15, -0.1) is 0 Å². The van der Waals surface area contributed by atoms with Crippen LogP contribution in [-0.2, 0) is 9.47 Å². The number of ether oxygens (including phenoxy) is 2. The molecule has 0 radical (unpaired) electrons. The smallest absolute Gasteiger partial charge is 0.186 e. The van der Waals surface area contributed by atoms with E-state index in [1.54, 1.807) is 0 Å². The Balaban J connectivity index is 1.75. The van der Waals surface area contributed by atoms with E-state index in [0.717, 1.165) is 12.8 Å². The van der Waals surface area contributed by atoms with Crippen LogP contribution < -0.4 is 0 Å². The van der Waals surface area contributed by atoms with Gasteiger partial charge in [-0.1, -0.05) is 148 Å². The van der Waals surface area contributed by atoms with Gasteiger partial charge >= 0.3 is 0 Å². The van der Waals surface area contributed by atoms with Crippen LogP contribution in [0.15, 0.2) is 0 Å². The number of aliphatic hydroxyl groups excluding tert-OH is 4. The predicted octanol–water partition coefficient (Wildman–Crippen LogP) is 6.80. The second-order valence-corrected chi connectivity index (χ2v) is 11.3. The van der Waals surface area contributed by atoms with E-state index in [9.17, 15) is 20.4 Å². The average molecular weight is 531 g/mol. The molecule has 6 nitrogen and oxygen atoms in total. The molecule has 0 amide bonds. The highest BCUT2D eigenvalue weighted by atomic mass is 16.7. The molecular formula is C31H62O6. The van der Waals surface area contributed by atoms with E-state index < -0.39 is 37.3 Å². The number of unbranched alkanes of at least 4 members (excludes halogenated alkanes) is 22. The zero-order chi connectivity index (χ0) is 27.0. The molecule has 0 bridgehead atoms. The van der Waals surface area contributed by atoms with E-state index in [2.05, 4.69) is 6.92 Å². The van der Waals surface area contributed by atoms with Crippen molar-refractivity contribution in [3.05, 3.63) is 0 Å². The Morgan fingerprint density at radius 1 is 0.486 bits per heavy atom. The second-order valence-electron chi connectivity index (χ2n) is 11.3. The van der Waals surface area contributed by atoms with Crippen LogP contribution in [0.25, 0.3) is 0 Å². The van der Waals surface area contributed by atoms with Crippen LogP contribution in [0.5, 0.6) is 0 Å². The summed E-state index contributed by atoms with van der Waals surface area (Å²) in [4.78, 5) is 0. The summed E-state index contributed by atoms with van der Waals surface area (Å²) in [5.41, 5.74) is 0. The molecule has 1 saturated heterocycles. The van der Waals surface area contributed by atoms with Crippen LogP contribution >= 0.6 is 0 Å². The summed E-state index contributed by atoms with van der Waals surface area (Å²) in [5.74, 6) is 0. The fourth-order valence-electron chi connectivity index (χ4n) is 5.29. The molecule has 1 heterocycles. The van der Waals surface area contributed by atoms with Gasteiger partial charge in [0.05, 0.1) is 6.61 Å². The van der Waals surface area contributed by atoms with Gasteiger partial charge in [0.25, 0.3) is 0 Å². The number of hydrogen-bond donors (Lipinski definition) is 4. The third-order valence-electron chi connectivity index (χ3n) is 7.88. The van der Waals surface area contributed by atoms with Crippen molar-refractivity contribution in [1.82, 2.24) is 0 Å². The Morgan fingerprint density at radius 2 is 0.838 bits per heavy atom. The molecule has 1 rings (SSSR count). The average Bonchev–Trinajstić information content (AvgIpc) is 2.91. The van der Waals surface area contributed by atoms with Gasteiger partial charge in [-0.05, 0) is 6.42 Å². The highest BCUT2D eigenvalue weighted by Gasteiger charge is 2.43. The van der Waals surface area contributed by atoms with Crippen molar-refractivity contribution in [3.63, 3.8) is 0 Å². The van der Waals surface area contributed by atoms with Crippen molar-refractivity contribution in [1.29, 1.82) is 0 Å². The molecule has 0 aliphatic carbocycles. The lowest BCUT2D eigenvalue weighted by Gasteiger charge is -2.39. The fraction of sp³-hybridized carbons (Fsp3) is 1.00. The monoisotopic (exact) mass is 530 g/mol. The molecule has 1 aliphatic heterocycles. The Labute approximate surface area is 228 Å². The topological polar surface area (TPSA) is 99.4 Å². The van der Waals surface area contributed by atoms with E-state index >= 15 is 0 Å². The lowest BCUT2D eigenvalue weighted by atomic mass is 9.99. The molecule has 0 spiro atoms. The summed E-state index contributed by atoms with van der Waals surface area (Å²) in [5, 5.41) is 38.7. The molecule has 0 saturated carbocycles. The summed E-state index contributed by atoms with van der Waals surface area (Å²) < 4.78 is 10.9. The van der Waals surface area contributed by atoms with Crippen LogP contribution in [0, 0.1) is 0 Å². The van der Waals surface area contributed by atoms with Gasteiger partial charge in [0.2, 0.25) is 0 Å². The SMILES string of the molecule is CCCCCCCCCCCCCCCCCCCCCCCCCO[C@H]1O[C@@H](CO)[C@H](O)[C@@H](O)[C@@H]1O. The molecule has 1 fully saturated rings. The minimum atomic E-state index is -1.37. The summed E-state index contributed by atoms with van der Waals surface area (Å²) in [6.45, 7) is 2.29. The first-order valence-corrected chi connectivity index (χ1v) is 16.0. The molecule has 6 heteroatoms. The molecule has 1 aliphatic rings. The second kappa shape index (κ2) is 24.8. The molecule has 0 aromatic rings. The lowest BCUT2D eigenvalue weighted by Crippen LogP contribution is -2.59. The minimum Gasteiger partial charge on any atom is -0.394 e. The van der Waals surface area contributed by atoms with Crippen LogP contribution in [0.4, 0.5) is 0 Å². The molecule has 0 unspecified atom stereocenters. The first-order chi connectivity index (χ1) is 18.1. The third kappa shape index (κ3) is 17.9. The fourth-order valence-corrected chi connectivity index (χ4v) is 5.29. The van der Waals surface area contributed by atoms with Crippen molar-refractivity contribution in [2.75, 3.05) is 13.2 Å². The van der Waals surface area contributed by atoms with Crippen molar-refractivity contribution < 1.29 is 29.9 Å². The zero-order valence-electron chi connectivity index (χ0n) is 24.2. The Kier molecular flexibility index (Phi) is 23.3. The van der Waals surface area contributed by atoms with Crippen molar-refractivity contribution in [2.24, 2.45) is 0 Å². The van der Waals surface area contributed by atoms with Gasteiger partial charge < -0.3 is 29.9 Å². The summed E-state index contributed by atoms with van der Waals surface area (Å²) >= 11 is 0. The largest absolute Gasteiger partial charge is 0.394 e. The first-order valence-electron chi connectivity index (χ1n) is 16.0. The maximum atomic E-state index is 9.96. The van der Waals surface area contributed by atoms with Gasteiger partial charge in [-0.2, -0.15) is 0 Å². The number of hydrogen-bond acceptors (Lipinski definition) is 6. The maximum absolute atomic E-state index is 9.96. The highest BCUT2D eigenvalue weighted by molar-refractivity contribution is 4.88. The van der Waals surface area contributed by atoms with Gasteiger partial charge in [0.15, 0.2) is 6.29 Å². The van der Waals surface area contributed by atoms with E-state index in [4.69, 9.17) is 9.47 Å². The number of rotatable bonds is 26. The van der Waals surface area contributed by atoms with Gasteiger partial charge in [0, 0.05) is 6.61 Å². The van der Waals surface area contributed by atoms with Crippen LogP contribution in [-0.4, -0.2) is 64.3 Å². The molecule has 0 aromatic carbocycles. The van der Waals surface area contributed by atoms with Crippen molar-refractivity contribution >= 4 is 0 Å². The standard InChI is InChI=1S/C31H62O6/c1-2-3-4-5-6-7-8-9-10-11-12-13-14-15-16-17-18-19-20-21-22-23-24-25-36-31-30(35)29(34)28(33)27(26-32)37-31/h27-35H,2-26H2,1H3/t27-,28-,29+,30-,31-/m0/s1. The van der Waals surface area contributed by atoms with E-state index in [1.165, 1.54) is 135 Å². The molecule has 5 atom stereocenters. The lowest BCUT2D eigenvalue weighted by molar-refractivity contribution is -0.301. The maximum Gasteiger partial charge on any atom is 0.186 e. The van der Waals surface area contributed by atoms with Crippen LogP contribution in [0.1, 0.15) is 155 Å². The first kappa shape index (κ1) is 34.8. The van der Waals surface area contributed by atoms with E-state index in [0.29, 0.717) is 6.61 Å². The van der Waals surface area contributed by atoms with E-state index in [-0.39, 0.29) is 0 Å². The molecule has 222 valence electrons.